The Bertz CT molecular complexity index is 794. The highest BCUT2D eigenvalue weighted by Gasteiger charge is 2.35. The van der Waals surface area contributed by atoms with Gasteiger partial charge in [-0.05, 0) is 36.8 Å². The summed E-state index contributed by atoms with van der Waals surface area (Å²) in [6, 6.07) is 11.9. The van der Waals surface area contributed by atoms with Crippen molar-refractivity contribution >= 4 is 21.8 Å². The van der Waals surface area contributed by atoms with Gasteiger partial charge in [0.05, 0.1) is 16.4 Å². The number of hydrogen-bond acceptors (Lipinski definition) is 4. The van der Waals surface area contributed by atoms with Gasteiger partial charge in [-0.3, -0.25) is 4.79 Å². The lowest BCUT2D eigenvalue weighted by molar-refractivity contribution is -0.124. The van der Waals surface area contributed by atoms with E-state index in [0.29, 0.717) is 23.6 Å². The molecule has 23 heavy (non-hydrogen) atoms. The molecule has 0 saturated carbocycles. The van der Waals surface area contributed by atoms with Crippen molar-refractivity contribution in [2.24, 2.45) is 0 Å². The molecule has 1 aliphatic rings. The van der Waals surface area contributed by atoms with E-state index in [2.05, 4.69) is 0 Å². The average molecular weight is 331 g/mol. The van der Waals surface area contributed by atoms with Crippen LogP contribution in [0.25, 0.3) is 6.08 Å². The summed E-state index contributed by atoms with van der Waals surface area (Å²) in [6.07, 6.45) is 4.98. The average Bonchev–Trinajstić information content (AvgIpc) is 3.25. The van der Waals surface area contributed by atoms with Gasteiger partial charge in [0.1, 0.15) is 5.76 Å². The highest BCUT2D eigenvalue weighted by Crippen LogP contribution is 2.24. The fourth-order valence-corrected chi connectivity index (χ4v) is 4.34. The second-order valence-corrected chi connectivity index (χ2v) is 7.63. The number of carbonyl (C=O) groups excluding carboxylic acids is 1. The van der Waals surface area contributed by atoms with E-state index in [1.54, 1.807) is 53.4 Å². The van der Waals surface area contributed by atoms with Crippen LogP contribution in [0.1, 0.15) is 12.2 Å². The number of amides is 1. The molecule has 0 spiro atoms. The minimum Gasteiger partial charge on any atom is -0.465 e. The Balaban J connectivity index is 1.67. The second-order valence-electron chi connectivity index (χ2n) is 5.40. The quantitative estimate of drug-likeness (QED) is 0.807. The second kappa shape index (κ2) is 6.42. The Morgan fingerprint density at radius 1 is 1.17 bits per heavy atom. The van der Waals surface area contributed by atoms with Crippen LogP contribution >= 0.6 is 0 Å². The fraction of sp³-hybridized carbons (Fsp3) is 0.235. The van der Waals surface area contributed by atoms with Gasteiger partial charge in [-0.25, -0.2) is 8.42 Å². The van der Waals surface area contributed by atoms with Crippen molar-refractivity contribution in [3.05, 3.63) is 60.6 Å². The van der Waals surface area contributed by atoms with Gasteiger partial charge in [0.15, 0.2) is 9.84 Å². The first-order chi connectivity index (χ1) is 11.1. The number of nitrogens with zero attached hydrogens (tertiary/aromatic N) is 1. The first kappa shape index (κ1) is 15.6. The number of benzene rings is 1. The molecule has 0 radical (unpaired) electrons. The normalized spacial score (nSPS) is 18.6. The third kappa shape index (κ3) is 3.37. The van der Waals surface area contributed by atoms with Gasteiger partial charge in [-0.15, -0.1) is 0 Å². The number of likely N-dealkylation sites (tertiary alicyclic amines) is 1. The van der Waals surface area contributed by atoms with Crippen LogP contribution in [0.3, 0.4) is 0 Å². The van der Waals surface area contributed by atoms with Crippen LogP contribution in [0.15, 0.2) is 64.1 Å². The third-order valence-corrected chi connectivity index (χ3v) is 6.09. The van der Waals surface area contributed by atoms with Gasteiger partial charge in [-0.1, -0.05) is 18.2 Å². The summed E-state index contributed by atoms with van der Waals surface area (Å²) < 4.78 is 30.3. The SMILES string of the molecule is O=C(/C=C/c1ccco1)N1CC[C@@H](S(=O)(=O)c2ccccc2)C1. The van der Waals surface area contributed by atoms with Crippen LogP contribution in [-0.2, 0) is 14.6 Å². The largest absolute Gasteiger partial charge is 0.465 e. The van der Waals surface area contributed by atoms with Crippen molar-refractivity contribution in [2.45, 2.75) is 16.6 Å². The molecule has 1 atom stereocenters. The summed E-state index contributed by atoms with van der Waals surface area (Å²) >= 11 is 0. The molecule has 3 rings (SSSR count). The Morgan fingerprint density at radius 3 is 2.65 bits per heavy atom. The molecule has 5 nitrogen and oxygen atoms in total. The van der Waals surface area contributed by atoms with Crippen molar-refractivity contribution in [1.29, 1.82) is 0 Å². The van der Waals surface area contributed by atoms with E-state index in [1.807, 2.05) is 0 Å². The van der Waals surface area contributed by atoms with Crippen molar-refractivity contribution in [2.75, 3.05) is 13.1 Å². The molecule has 0 N–H and O–H groups in total. The Morgan fingerprint density at radius 2 is 1.96 bits per heavy atom. The topological polar surface area (TPSA) is 67.6 Å². The van der Waals surface area contributed by atoms with E-state index in [9.17, 15) is 13.2 Å². The maximum absolute atomic E-state index is 12.6. The molecule has 1 amide bonds. The molecule has 1 aliphatic heterocycles. The summed E-state index contributed by atoms with van der Waals surface area (Å²) in [5.41, 5.74) is 0. The smallest absolute Gasteiger partial charge is 0.246 e. The van der Waals surface area contributed by atoms with Gasteiger partial charge in [0.25, 0.3) is 0 Å². The maximum atomic E-state index is 12.6. The predicted molar refractivity (Wildman–Crippen MR) is 86.4 cm³/mol. The molecule has 1 saturated heterocycles. The summed E-state index contributed by atoms with van der Waals surface area (Å²) in [6.45, 7) is 0.663. The summed E-state index contributed by atoms with van der Waals surface area (Å²) in [5, 5.41) is -0.550. The van der Waals surface area contributed by atoms with E-state index in [1.165, 1.54) is 12.3 Å². The zero-order valence-corrected chi connectivity index (χ0v) is 13.3. The molecule has 6 heteroatoms. The van der Waals surface area contributed by atoms with Crippen molar-refractivity contribution in [3.8, 4) is 0 Å². The summed E-state index contributed by atoms with van der Waals surface area (Å²) in [7, 11) is -3.40. The van der Waals surface area contributed by atoms with Crippen LogP contribution in [0.2, 0.25) is 0 Å². The van der Waals surface area contributed by atoms with E-state index in [-0.39, 0.29) is 12.5 Å². The minimum atomic E-state index is -3.40. The standard InChI is InChI=1S/C17H17NO4S/c19-17(9-8-14-5-4-12-22-14)18-11-10-16(13-18)23(20,21)15-6-2-1-3-7-15/h1-9,12,16H,10-11,13H2/b9-8+/t16-/m1/s1. The number of carbonyl (C=O) groups is 1. The molecule has 0 unspecified atom stereocenters. The number of rotatable bonds is 4. The van der Waals surface area contributed by atoms with E-state index in [0.717, 1.165) is 0 Å². The van der Waals surface area contributed by atoms with E-state index >= 15 is 0 Å². The number of sulfone groups is 1. The van der Waals surface area contributed by atoms with Crippen LogP contribution in [0, 0.1) is 0 Å². The third-order valence-electron chi connectivity index (χ3n) is 3.90. The minimum absolute atomic E-state index is 0.202. The first-order valence-corrected chi connectivity index (χ1v) is 8.91. The summed E-state index contributed by atoms with van der Waals surface area (Å²) in [4.78, 5) is 14.0. The Labute approximate surface area is 135 Å². The molecular weight excluding hydrogens is 314 g/mol. The van der Waals surface area contributed by atoms with Gasteiger partial charge in [0.2, 0.25) is 5.91 Å². The van der Waals surface area contributed by atoms with Gasteiger partial charge < -0.3 is 9.32 Å². The molecule has 2 heterocycles. The first-order valence-electron chi connectivity index (χ1n) is 7.37. The van der Waals surface area contributed by atoms with Gasteiger partial charge in [-0.2, -0.15) is 0 Å². The molecule has 0 bridgehead atoms. The van der Waals surface area contributed by atoms with Crippen molar-refractivity contribution in [3.63, 3.8) is 0 Å². The lowest BCUT2D eigenvalue weighted by atomic mass is 10.3. The Hall–Kier alpha value is -2.34. The van der Waals surface area contributed by atoms with Crippen LogP contribution in [0.5, 0.6) is 0 Å². The lowest BCUT2D eigenvalue weighted by Crippen LogP contribution is -2.30. The monoisotopic (exact) mass is 331 g/mol. The van der Waals surface area contributed by atoms with Crippen molar-refractivity contribution < 1.29 is 17.6 Å². The van der Waals surface area contributed by atoms with Crippen LogP contribution in [-0.4, -0.2) is 37.6 Å². The van der Waals surface area contributed by atoms with Crippen LogP contribution < -0.4 is 0 Å². The molecule has 2 aromatic rings. The fourth-order valence-electron chi connectivity index (χ4n) is 2.63. The molecule has 1 aromatic carbocycles. The van der Waals surface area contributed by atoms with Crippen LogP contribution in [0.4, 0.5) is 0 Å². The summed E-state index contributed by atoms with van der Waals surface area (Å²) in [5.74, 6) is 0.387. The molecule has 120 valence electrons. The van der Waals surface area contributed by atoms with E-state index < -0.39 is 15.1 Å². The molecule has 0 aliphatic carbocycles. The zero-order valence-electron chi connectivity index (χ0n) is 12.5. The lowest BCUT2D eigenvalue weighted by Gasteiger charge is -2.14. The molecule has 1 fully saturated rings. The number of hydrogen-bond donors (Lipinski definition) is 0. The van der Waals surface area contributed by atoms with E-state index in [4.69, 9.17) is 4.42 Å². The molecule has 1 aromatic heterocycles. The Kier molecular flexibility index (Phi) is 4.34. The van der Waals surface area contributed by atoms with Gasteiger partial charge >= 0.3 is 0 Å². The van der Waals surface area contributed by atoms with Gasteiger partial charge in [0, 0.05) is 19.2 Å². The number of furan rings is 1. The van der Waals surface area contributed by atoms with Crippen molar-refractivity contribution in [1.82, 2.24) is 4.90 Å². The maximum Gasteiger partial charge on any atom is 0.246 e. The highest BCUT2D eigenvalue weighted by molar-refractivity contribution is 7.92. The predicted octanol–water partition coefficient (Wildman–Crippen LogP) is 2.37. The zero-order chi connectivity index (χ0) is 16.3. The molecular formula is C17H17NO4S. The highest BCUT2D eigenvalue weighted by atomic mass is 32.2.